The fraction of sp³-hybridized carbons (Fsp3) is 0.0769. The molecule has 2 N–H and O–H groups in total. The van der Waals surface area contributed by atoms with Crippen LogP contribution in [0.5, 0.6) is 0 Å². The number of hydrogen-bond acceptors (Lipinski definition) is 1. The molecule has 0 unspecified atom stereocenters. The van der Waals surface area contributed by atoms with E-state index >= 15 is 0 Å². The molecule has 0 bridgehead atoms. The Balaban J connectivity index is 2.46. The summed E-state index contributed by atoms with van der Waals surface area (Å²) < 4.78 is 1.07. The normalized spacial score (nSPS) is 10.3. The Labute approximate surface area is 98.1 Å². The van der Waals surface area contributed by atoms with Crippen LogP contribution in [-0.4, -0.2) is 0 Å². The van der Waals surface area contributed by atoms with Crippen LogP contribution in [0.25, 0.3) is 11.1 Å². The zero-order valence-electron chi connectivity index (χ0n) is 8.28. The summed E-state index contributed by atoms with van der Waals surface area (Å²) in [5.41, 5.74) is 9.23. The Morgan fingerprint density at radius 3 is 2.33 bits per heavy atom. The van der Waals surface area contributed by atoms with Crippen LogP contribution in [-0.2, 0) is 6.54 Å². The van der Waals surface area contributed by atoms with Crippen molar-refractivity contribution >= 4 is 15.9 Å². The maximum atomic E-state index is 5.67. The lowest BCUT2D eigenvalue weighted by atomic mass is 10.0. The molecule has 2 aromatic carbocycles. The highest BCUT2D eigenvalue weighted by Gasteiger charge is 2.01. The van der Waals surface area contributed by atoms with Crippen molar-refractivity contribution in [2.75, 3.05) is 0 Å². The second kappa shape index (κ2) is 4.60. The van der Waals surface area contributed by atoms with Crippen LogP contribution in [0.4, 0.5) is 0 Å². The minimum Gasteiger partial charge on any atom is -0.326 e. The van der Waals surface area contributed by atoms with Gasteiger partial charge in [-0.2, -0.15) is 0 Å². The third kappa shape index (κ3) is 2.28. The molecule has 0 saturated carbocycles. The molecule has 2 rings (SSSR count). The van der Waals surface area contributed by atoms with Gasteiger partial charge in [-0.25, -0.2) is 0 Å². The molecule has 0 atom stereocenters. The average Bonchev–Trinajstić information content (AvgIpc) is 2.31. The van der Waals surface area contributed by atoms with Crippen LogP contribution in [0.3, 0.4) is 0 Å². The predicted octanol–water partition coefficient (Wildman–Crippen LogP) is 3.57. The minimum atomic E-state index is 0.557. The van der Waals surface area contributed by atoms with E-state index < -0.39 is 0 Å². The van der Waals surface area contributed by atoms with Crippen LogP contribution in [0.2, 0.25) is 0 Å². The summed E-state index contributed by atoms with van der Waals surface area (Å²) in [4.78, 5) is 0. The van der Waals surface area contributed by atoms with Crippen molar-refractivity contribution < 1.29 is 0 Å². The lowest BCUT2D eigenvalue weighted by molar-refractivity contribution is 1.06. The molecule has 2 aromatic rings. The van der Waals surface area contributed by atoms with Crippen LogP contribution in [0.15, 0.2) is 53.0 Å². The summed E-state index contributed by atoms with van der Waals surface area (Å²) in [6, 6.07) is 16.6. The molecular formula is C13H12BrN. The van der Waals surface area contributed by atoms with Crippen LogP contribution in [0, 0.1) is 0 Å². The van der Waals surface area contributed by atoms with Gasteiger partial charge in [0.1, 0.15) is 0 Å². The summed E-state index contributed by atoms with van der Waals surface area (Å²) in [5.74, 6) is 0. The van der Waals surface area contributed by atoms with Gasteiger partial charge in [-0.15, -0.1) is 0 Å². The Morgan fingerprint density at radius 2 is 1.67 bits per heavy atom. The highest BCUT2D eigenvalue weighted by molar-refractivity contribution is 9.10. The molecule has 0 aliphatic heterocycles. The molecule has 0 heterocycles. The van der Waals surface area contributed by atoms with Gasteiger partial charge in [0.25, 0.3) is 0 Å². The first-order valence-corrected chi connectivity index (χ1v) is 5.64. The minimum absolute atomic E-state index is 0.557. The second-order valence-electron chi connectivity index (χ2n) is 3.38. The van der Waals surface area contributed by atoms with Gasteiger partial charge < -0.3 is 5.73 Å². The highest BCUT2D eigenvalue weighted by Crippen LogP contribution is 2.24. The smallest absolute Gasteiger partial charge is 0.0220 e. The highest BCUT2D eigenvalue weighted by atomic mass is 79.9. The van der Waals surface area contributed by atoms with E-state index in [9.17, 15) is 0 Å². The topological polar surface area (TPSA) is 26.0 Å². The molecule has 15 heavy (non-hydrogen) atoms. The quantitative estimate of drug-likeness (QED) is 0.879. The van der Waals surface area contributed by atoms with Gasteiger partial charge in [0.05, 0.1) is 0 Å². The van der Waals surface area contributed by atoms with E-state index in [0.717, 1.165) is 10.0 Å². The van der Waals surface area contributed by atoms with Crippen LogP contribution >= 0.6 is 15.9 Å². The van der Waals surface area contributed by atoms with Crippen molar-refractivity contribution in [2.45, 2.75) is 6.54 Å². The number of hydrogen-bond donors (Lipinski definition) is 1. The van der Waals surface area contributed by atoms with E-state index in [1.54, 1.807) is 0 Å². The molecule has 76 valence electrons. The monoisotopic (exact) mass is 261 g/mol. The summed E-state index contributed by atoms with van der Waals surface area (Å²) in [6.45, 7) is 0.557. The number of halogens is 1. The molecular weight excluding hydrogens is 250 g/mol. The summed E-state index contributed by atoms with van der Waals surface area (Å²) in [6.07, 6.45) is 0. The third-order valence-corrected chi connectivity index (χ3v) is 3.15. The first kappa shape index (κ1) is 10.4. The van der Waals surface area contributed by atoms with Crippen molar-refractivity contribution in [1.82, 2.24) is 0 Å². The van der Waals surface area contributed by atoms with Crippen LogP contribution < -0.4 is 5.73 Å². The fourth-order valence-electron chi connectivity index (χ4n) is 1.54. The van der Waals surface area contributed by atoms with E-state index in [-0.39, 0.29) is 0 Å². The van der Waals surface area contributed by atoms with Crippen molar-refractivity contribution in [3.63, 3.8) is 0 Å². The molecule has 0 aliphatic rings. The standard InChI is InChI=1S/C13H12BrN/c14-13-7-6-11(8-12(13)9-15)10-4-2-1-3-5-10/h1-8H,9,15H2. The van der Waals surface area contributed by atoms with Gasteiger partial charge in [0, 0.05) is 11.0 Å². The molecule has 0 spiro atoms. The van der Waals surface area contributed by atoms with E-state index in [1.807, 2.05) is 24.3 Å². The molecule has 1 nitrogen and oxygen atoms in total. The Kier molecular flexibility index (Phi) is 3.19. The fourth-order valence-corrected chi connectivity index (χ4v) is 1.95. The largest absolute Gasteiger partial charge is 0.326 e. The SMILES string of the molecule is NCc1cc(-c2ccccc2)ccc1Br. The lowest BCUT2D eigenvalue weighted by Crippen LogP contribution is -1.97. The Morgan fingerprint density at radius 1 is 0.933 bits per heavy atom. The molecule has 0 saturated heterocycles. The van der Waals surface area contributed by atoms with Gasteiger partial charge in [-0.1, -0.05) is 52.3 Å². The molecule has 0 aromatic heterocycles. The second-order valence-corrected chi connectivity index (χ2v) is 4.23. The van der Waals surface area contributed by atoms with Crippen molar-refractivity contribution in [2.24, 2.45) is 5.73 Å². The molecule has 2 heteroatoms. The molecule has 0 radical (unpaired) electrons. The molecule has 0 fully saturated rings. The maximum Gasteiger partial charge on any atom is 0.0220 e. The molecule has 0 amide bonds. The van der Waals surface area contributed by atoms with Crippen molar-refractivity contribution in [1.29, 1.82) is 0 Å². The van der Waals surface area contributed by atoms with Gasteiger partial charge >= 0.3 is 0 Å². The summed E-state index contributed by atoms with van der Waals surface area (Å²) >= 11 is 3.48. The van der Waals surface area contributed by atoms with Gasteiger partial charge in [-0.05, 0) is 28.8 Å². The van der Waals surface area contributed by atoms with Crippen LogP contribution in [0.1, 0.15) is 5.56 Å². The van der Waals surface area contributed by atoms with Crippen molar-refractivity contribution in [3.05, 3.63) is 58.6 Å². The first-order chi connectivity index (χ1) is 7.31. The predicted molar refractivity (Wildman–Crippen MR) is 67.5 cm³/mol. The van der Waals surface area contributed by atoms with Gasteiger partial charge in [-0.3, -0.25) is 0 Å². The van der Waals surface area contributed by atoms with E-state index in [4.69, 9.17) is 5.73 Å². The first-order valence-electron chi connectivity index (χ1n) is 4.85. The maximum absolute atomic E-state index is 5.67. The summed E-state index contributed by atoms with van der Waals surface area (Å²) in [7, 11) is 0. The van der Waals surface area contributed by atoms with E-state index in [2.05, 4.69) is 40.2 Å². The van der Waals surface area contributed by atoms with E-state index in [1.165, 1.54) is 11.1 Å². The Bertz CT molecular complexity index is 451. The number of benzene rings is 2. The molecule has 0 aliphatic carbocycles. The number of nitrogens with two attached hydrogens (primary N) is 1. The van der Waals surface area contributed by atoms with Crippen molar-refractivity contribution in [3.8, 4) is 11.1 Å². The van der Waals surface area contributed by atoms with Gasteiger partial charge in [0.2, 0.25) is 0 Å². The summed E-state index contributed by atoms with van der Waals surface area (Å²) in [5, 5.41) is 0. The van der Waals surface area contributed by atoms with E-state index in [0.29, 0.717) is 6.54 Å². The number of rotatable bonds is 2. The van der Waals surface area contributed by atoms with Gasteiger partial charge in [0.15, 0.2) is 0 Å². The zero-order valence-corrected chi connectivity index (χ0v) is 9.87. The average molecular weight is 262 g/mol. The third-order valence-electron chi connectivity index (χ3n) is 2.37. The lowest BCUT2D eigenvalue weighted by Gasteiger charge is -2.06. The Hall–Kier alpha value is -1.12. The zero-order chi connectivity index (χ0) is 10.7.